The van der Waals surface area contributed by atoms with E-state index >= 15 is 4.39 Å². The quantitative estimate of drug-likeness (QED) is 0.285. The van der Waals surface area contributed by atoms with Gasteiger partial charge in [0, 0.05) is 47.1 Å². The molecule has 2 fully saturated rings. The van der Waals surface area contributed by atoms with Crippen LogP contribution in [0.5, 0.6) is 5.75 Å². The maximum absolute atomic E-state index is 16.3. The highest BCUT2D eigenvalue weighted by Gasteiger charge is 2.41. The number of terminal acetylenes is 1. The van der Waals surface area contributed by atoms with Gasteiger partial charge < -0.3 is 15.3 Å². The number of aromatic nitrogens is 2. The molecular weight excluding hydrogens is 489 g/mol. The van der Waals surface area contributed by atoms with Crippen molar-refractivity contribution in [2.45, 2.75) is 31.6 Å². The number of pyridine rings is 2. The van der Waals surface area contributed by atoms with Gasteiger partial charge in [0.2, 0.25) is 0 Å². The summed E-state index contributed by atoms with van der Waals surface area (Å²) in [7, 11) is 0. The van der Waals surface area contributed by atoms with Crippen molar-refractivity contribution in [3.05, 3.63) is 58.4 Å². The molecule has 6 rings (SSSR count). The number of piperazine rings is 1. The number of hydrogen-bond donors (Lipinski definition) is 2. The monoisotopic (exact) mass is 508 g/mol. The van der Waals surface area contributed by atoms with Gasteiger partial charge in [0.25, 0.3) is 0 Å². The van der Waals surface area contributed by atoms with Crippen LogP contribution in [0, 0.1) is 30.9 Å². The standard InChI is InChI=1S/C27H20ClF3N4O/c1-3-16-19(29)5-4-13-6-15(36)8-17(23(13)16)25-24(31)22-12(2)26(28)34-27(18(22)9-32-25)35-10-14-7-20(30)21(11-35)33-14/h1,4-6,8-9,14,20-21,33,36H,7,10-11H2,2H3. The van der Waals surface area contributed by atoms with E-state index in [2.05, 4.69) is 21.2 Å². The molecule has 2 aliphatic heterocycles. The van der Waals surface area contributed by atoms with E-state index in [1.165, 1.54) is 30.5 Å². The van der Waals surface area contributed by atoms with E-state index in [0.29, 0.717) is 41.7 Å². The summed E-state index contributed by atoms with van der Waals surface area (Å²) in [5.74, 6) is 1.29. The number of anilines is 1. The van der Waals surface area contributed by atoms with Crippen molar-refractivity contribution in [3.63, 3.8) is 0 Å². The fourth-order valence-corrected chi connectivity index (χ4v) is 5.68. The molecule has 3 atom stereocenters. The van der Waals surface area contributed by atoms with Crippen molar-refractivity contribution in [2.75, 3.05) is 18.0 Å². The van der Waals surface area contributed by atoms with Crippen LogP contribution in [-0.2, 0) is 0 Å². The average molecular weight is 509 g/mol. The summed E-state index contributed by atoms with van der Waals surface area (Å²) in [5, 5.41) is 15.1. The van der Waals surface area contributed by atoms with Gasteiger partial charge in [-0.15, -0.1) is 6.42 Å². The molecule has 0 saturated carbocycles. The highest BCUT2D eigenvalue weighted by atomic mass is 35.5. The SMILES string of the molecule is C#Cc1c(F)ccc2cc(O)cc(-c3ncc4c(N5CC6CC(F)C(C5)N6)nc(Cl)c(C)c4c3F)c12. The lowest BCUT2D eigenvalue weighted by Crippen LogP contribution is -2.52. The number of benzene rings is 2. The van der Waals surface area contributed by atoms with E-state index < -0.39 is 17.8 Å². The number of aromatic hydroxyl groups is 1. The summed E-state index contributed by atoms with van der Waals surface area (Å²) < 4.78 is 45.2. The highest BCUT2D eigenvalue weighted by molar-refractivity contribution is 6.31. The number of phenolic OH excluding ortho intramolecular Hbond substituents is 1. The Morgan fingerprint density at radius 3 is 2.78 bits per heavy atom. The van der Waals surface area contributed by atoms with Crippen molar-refractivity contribution >= 4 is 39.0 Å². The van der Waals surface area contributed by atoms with Crippen LogP contribution in [0.2, 0.25) is 5.15 Å². The van der Waals surface area contributed by atoms with E-state index in [1.54, 1.807) is 6.92 Å². The summed E-state index contributed by atoms with van der Waals surface area (Å²) in [6.45, 7) is 2.52. The van der Waals surface area contributed by atoms with Gasteiger partial charge in [0.1, 0.15) is 34.4 Å². The molecule has 2 N–H and O–H groups in total. The summed E-state index contributed by atoms with van der Waals surface area (Å²) in [4.78, 5) is 10.8. The topological polar surface area (TPSA) is 61.3 Å². The first-order chi connectivity index (χ1) is 17.3. The Bertz CT molecular complexity index is 1620. The highest BCUT2D eigenvalue weighted by Crippen LogP contribution is 2.41. The number of phenols is 1. The van der Waals surface area contributed by atoms with Crippen molar-refractivity contribution in [3.8, 4) is 29.4 Å². The van der Waals surface area contributed by atoms with Crippen molar-refractivity contribution in [1.29, 1.82) is 0 Å². The Morgan fingerprint density at radius 1 is 1.22 bits per heavy atom. The molecule has 9 heteroatoms. The summed E-state index contributed by atoms with van der Waals surface area (Å²) in [5.41, 5.74) is 0.411. The van der Waals surface area contributed by atoms with Crippen LogP contribution in [0.3, 0.4) is 0 Å². The normalized spacial score (nSPS) is 21.3. The van der Waals surface area contributed by atoms with Crippen LogP contribution in [0.15, 0.2) is 30.5 Å². The third-order valence-corrected chi connectivity index (χ3v) is 7.52. The van der Waals surface area contributed by atoms with Gasteiger partial charge in [-0.3, -0.25) is 4.98 Å². The number of aryl methyl sites for hydroxylation is 1. The minimum absolute atomic E-state index is 0.0384. The second-order valence-corrected chi connectivity index (χ2v) is 9.70. The maximum atomic E-state index is 16.3. The van der Waals surface area contributed by atoms with Crippen LogP contribution in [0.1, 0.15) is 17.5 Å². The first-order valence-corrected chi connectivity index (χ1v) is 11.9. The number of fused-ring (bicyclic) bond motifs is 4. The molecule has 2 aromatic heterocycles. The third-order valence-electron chi connectivity index (χ3n) is 7.15. The third kappa shape index (κ3) is 3.38. The molecule has 0 radical (unpaired) electrons. The minimum atomic E-state index is -0.960. The van der Waals surface area contributed by atoms with E-state index in [4.69, 9.17) is 18.0 Å². The molecule has 2 bridgehead atoms. The van der Waals surface area contributed by atoms with Crippen molar-refractivity contribution in [1.82, 2.24) is 15.3 Å². The van der Waals surface area contributed by atoms with Crippen LogP contribution in [-0.4, -0.2) is 46.4 Å². The predicted molar refractivity (Wildman–Crippen MR) is 134 cm³/mol. The molecule has 182 valence electrons. The Balaban J connectivity index is 1.60. The van der Waals surface area contributed by atoms with E-state index in [1.807, 2.05) is 4.90 Å². The molecule has 36 heavy (non-hydrogen) atoms. The van der Waals surface area contributed by atoms with Gasteiger partial charge in [0.05, 0.1) is 11.6 Å². The van der Waals surface area contributed by atoms with Gasteiger partial charge in [-0.25, -0.2) is 18.2 Å². The zero-order valence-corrected chi connectivity index (χ0v) is 19.9. The number of alkyl halides is 1. The molecule has 4 heterocycles. The lowest BCUT2D eigenvalue weighted by Gasteiger charge is -2.34. The minimum Gasteiger partial charge on any atom is -0.508 e. The zero-order chi connectivity index (χ0) is 25.3. The molecule has 3 unspecified atom stereocenters. The molecule has 2 saturated heterocycles. The number of rotatable bonds is 2. The smallest absolute Gasteiger partial charge is 0.157 e. The van der Waals surface area contributed by atoms with E-state index in [0.717, 1.165) is 0 Å². The first kappa shape index (κ1) is 22.9. The number of hydrogen-bond acceptors (Lipinski definition) is 5. The van der Waals surface area contributed by atoms with Crippen LogP contribution >= 0.6 is 11.6 Å². The van der Waals surface area contributed by atoms with Crippen LogP contribution < -0.4 is 10.2 Å². The Hall–Kier alpha value is -3.54. The van der Waals surface area contributed by atoms with E-state index in [9.17, 15) is 13.9 Å². The lowest BCUT2D eigenvalue weighted by atomic mass is 9.95. The molecule has 2 aromatic carbocycles. The molecular formula is C27H20ClF3N4O. The van der Waals surface area contributed by atoms with Crippen molar-refractivity contribution in [2.24, 2.45) is 0 Å². The maximum Gasteiger partial charge on any atom is 0.157 e. The summed E-state index contributed by atoms with van der Waals surface area (Å²) in [6.07, 6.45) is 6.52. The fourth-order valence-electron chi connectivity index (χ4n) is 5.50. The zero-order valence-electron chi connectivity index (χ0n) is 19.1. The van der Waals surface area contributed by atoms with Crippen LogP contribution in [0.25, 0.3) is 32.8 Å². The van der Waals surface area contributed by atoms with Crippen molar-refractivity contribution < 1.29 is 18.3 Å². The summed E-state index contributed by atoms with van der Waals surface area (Å²) >= 11 is 6.46. The van der Waals surface area contributed by atoms with Gasteiger partial charge in [-0.2, -0.15) is 0 Å². The second kappa shape index (κ2) is 8.26. The average Bonchev–Trinajstić information content (AvgIpc) is 3.11. The second-order valence-electron chi connectivity index (χ2n) is 9.35. The molecule has 4 aromatic rings. The Morgan fingerprint density at radius 2 is 2.03 bits per heavy atom. The first-order valence-electron chi connectivity index (χ1n) is 11.5. The van der Waals surface area contributed by atoms with E-state index in [-0.39, 0.29) is 50.6 Å². The van der Waals surface area contributed by atoms with Gasteiger partial charge >= 0.3 is 0 Å². The molecule has 0 amide bonds. The Labute approximate surface area is 209 Å². The van der Waals surface area contributed by atoms with Gasteiger partial charge in [0.15, 0.2) is 5.82 Å². The molecule has 2 aliphatic rings. The molecule has 5 nitrogen and oxygen atoms in total. The van der Waals surface area contributed by atoms with Gasteiger partial charge in [-0.1, -0.05) is 23.6 Å². The van der Waals surface area contributed by atoms with Crippen LogP contribution in [0.4, 0.5) is 19.0 Å². The number of halogens is 4. The fraction of sp³-hybridized carbons (Fsp3) is 0.259. The lowest BCUT2D eigenvalue weighted by molar-refractivity contribution is 0.303. The predicted octanol–water partition coefficient (Wildman–Crippen LogP) is 5.27. The number of nitrogens with zero attached hydrogens (tertiary/aromatic N) is 3. The number of nitrogens with one attached hydrogen (secondary N) is 1. The van der Waals surface area contributed by atoms with Gasteiger partial charge in [-0.05, 0) is 42.5 Å². The summed E-state index contributed by atoms with van der Waals surface area (Å²) in [6, 6.07) is 5.04. The Kier molecular flexibility index (Phi) is 5.25. The largest absolute Gasteiger partial charge is 0.508 e. The molecule has 0 spiro atoms. The molecule has 0 aliphatic carbocycles.